The average molecular weight is 327 g/mol. The van der Waals surface area contributed by atoms with Gasteiger partial charge in [0, 0.05) is 18.4 Å². The van der Waals surface area contributed by atoms with E-state index in [1.807, 2.05) is 18.2 Å². The fraction of sp³-hybridized carbons (Fsp3) is 0.444. The second-order valence-electron chi connectivity index (χ2n) is 6.23. The summed E-state index contributed by atoms with van der Waals surface area (Å²) in [5.41, 5.74) is 3.31. The van der Waals surface area contributed by atoms with Gasteiger partial charge in [-0.1, -0.05) is 17.3 Å². The van der Waals surface area contributed by atoms with Gasteiger partial charge in [0.1, 0.15) is 6.04 Å². The average Bonchev–Trinajstić information content (AvgIpc) is 3.20. The Morgan fingerprint density at radius 1 is 1.25 bits per heavy atom. The monoisotopic (exact) mass is 327 g/mol. The predicted octanol–water partition coefficient (Wildman–Crippen LogP) is 2.71. The fourth-order valence-electron chi connectivity index (χ4n) is 2.98. The van der Waals surface area contributed by atoms with Crippen molar-refractivity contribution in [3.8, 4) is 0 Å². The zero-order chi connectivity index (χ0) is 17.1. The number of rotatable bonds is 6. The predicted molar refractivity (Wildman–Crippen MR) is 87.6 cm³/mol. The van der Waals surface area contributed by atoms with E-state index in [-0.39, 0.29) is 30.6 Å². The van der Waals surface area contributed by atoms with Gasteiger partial charge in [-0.3, -0.25) is 9.59 Å². The summed E-state index contributed by atoms with van der Waals surface area (Å²) < 4.78 is 5.02. The van der Waals surface area contributed by atoms with E-state index in [1.165, 1.54) is 11.1 Å². The fourth-order valence-corrected chi connectivity index (χ4v) is 2.98. The van der Waals surface area contributed by atoms with Gasteiger partial charge in [0.05, 0.1) is 0 Å². The van der Waals surface area contributed by atoms with Crippen LogP contribution in [0.5, 0.6) is 0 Å². The summed E-state index contributed by atoms with van der Waals surface area (Å²) in [6.45, 7) is 3.49. The van der Waals surface area contributed by atoms with E-state index in [2.05, 4.69) is 15.5 Å². The lowest BCUT2D eigenvalue weighted by Gasteiger charge is -2.09. The zero-order valence-corrected chi connectivity index (χ0v) is 14.0. The molecule has 1 heterocycles. The zero-order valence-electron chi connectivity index (χ0n) is 14.0. The Labute approximate surface area is 140 Å². The van der Waals surface area contributed by atoms with Crippen LogP contribution in [0.3, 0.4) is 0 Å². The van der Waals surface area contributed by atoms with Gasteiger partial charge < -0.3 is 9.84 Å². The number of Topliss-reactive ketones (excluding diaryl/α,β-unsaturated/α-hetero) is 1. The molecule has 6 heteroatoms. The number of hydrogen-bond donors (Lipinski definition) is 1. The van der Waals surface area contributed by atoms with Gasteiger partial charge in [-0.25, -0.2) is 0 Å². The second-order valence-corrected chi connectivity index (χ2v) is 6.23. The molecule has 0 bridgehead atoms. The molecule has 2 aromatic rings. The van der Waals surface area contributed by atoms with Crippen LogP contribution in [0.25, 0.3) is 0 Å². The first-order valence-electron chi connectivity index (χ1n) is 8.27. The standard InChI is InChI=1S/C18H21N3O3/c1-11(18-20-12(2)21-24-18)19-17(23)9-8-16(22)15-7-6-13-4-3-5-14(13)10-15/h6-7,10-11H,3-5,8-9H2,1-2H3,(H,19,23)/t11-/m1/s1. The third-order valence-corrected chi connectivity index (χ3v) is 4.29. The van der Waals surface area contributed by atoms with Crippen LogP contribution in [-0.2, 0) is 17.6 Å². The van der Waals surface area contributed by atoms with Gasteiger partial charge in [-0.05, 0) is 50.3 Å². The minimum atomic E-state index is -0.367. The molecule has 0 unspecified atom stereocenters. The van der Waals surface area contributed by atoms with Gasteiger partial charge in [-0.2, -0.15) is 4.98 Å². The van der Waals surface area contributed by atoms with Crippen molar-refractivity contribution in [3.05, 3.63) is 46.6 Å². The first kappa shape index (κ1) is 16.4. The summed E-state index contributed by atoms with van der Waals surface area (Å²) in [7, 11) is 0. The second kappa shape index (κ2) is 6.95. The Kier molecular flexibility index (Phi) is 4.74. The Morgan fingerprint density at radius 2 is 2.04 bits per heavy atom. The van der Waals surface area contributed by atoms with E-state index in [0.29, 0.717) is 17.3 Å². The summed E-state index contributed by atoms with van der Waals surface area (Å²) in [6, 6.07) is 5.52. The lowest BCUT2D eigenvalue weighted by Crippen LogP contribution is -2.27. The van der Waals surface area contributed by atoms with E-state index >= 15 is 0 Å². The van der Waals surface area contributed by atoms with Crippen LogP contribution in [0.2, 0.25) is 0 Å². The smallest absolute Gasteiger partial charge is 0.248 e. The number of carbonyl (C=O) groups is 2. The molecule has 1 amide bonds. The number of nitrogens with one attached hydrogen (secondary N) is 1. The minimum Gasteiger partial charge on any atom is -0.345 e. The van der Waals surface area contributed by atoms with Crippen molar-refractivity contribution in [1.82, 2.24) is 15.5 Å². The third-order valence-electron chi connectivity index (χ3n) is 4.29. The van der Waals surface area contributed by atoms with Crippen molar-refractivity contribution in [2.24, 2.45) is 0 Å². The molecular weight excluding hydrogens is 306 g/mol. The van der Waals surface area contributed by atoms with Crippen LogP contribution in [0.1, 0.15) is 65.4 Å². The molecule has 126 valence electrons. The summed E-state index contributed by atoms with van der Waals surface area (Å²) in [4.78, 5) is 28.4. The summed E-state index contributed by atoms with van der Waals surface area (Å²) in [5.74, 6) is 0.692. The number of benzene rings is 1. The summed E-state index contributed by atoms with van der Waals surface area (Å²) in [6.07, 6.45) is 3.63. The SMILES string of the molecule is Cc1noc([C@@H](C)NC(=O)CCC(=O)c2ccc3c(c2)CCC3)n1. The van der Waals surface area contributed by atoms with Crippen molar-refractivity contribution in [3.63, 3.8) is 0 Å². The molecule has 6 nitrogen and oxygen atoms in total. The van der Waals surface area contributed by atoms with Crippen LogP contribution < -0.4 is 5.32 Å². The maximum absolute atomic E-state index is 12.3. The number of carbonyl (C=O) groups excluding carboxylic acids is 2. The van der Waals surface area contributed by atoms with Crippen molar-refractivity contribution in [2.45, 2.75) is 52.0 Å². The molecule has 24 heavy (non-hydrogen) atoms. The molecule has 0 radical (unpaired) electrons. The lowest BCUT2D eigenvalue weighted by molar-refractivity contribution is -0.121. The first-order valence-corrected chi connectivity index (χ1v) is 8.27. The molecule has 0 saturated heterocycles. The number of aryl methyl sites for hydroxylation is 3. The quantitative estimate of drug-likeness (QED) is 0.825. The molecular formula is C18H21N3O3. The van der Waals surface area contributed by atoms with Gasteiger partial charge in [0.25, 0.3) is 0 Å². The summed E-state index contributed by atoms with van der Waals surface area (Å²) in [5, 5.41) is 6.47. The minimum absolute atomic E-state index is 0.00105. The highest BCUT2D eigenvalue weighted by atomic mass is 16.5. The van der Waals surface area contributed by atoms with Crippen LogP contribution in [0, 0.1) is 6.92 Å². The molecule has 0 saturated carbocycles. The molecule has 1 aliphatic rings. The molecule has 0 spiro atoms. The third kappa shape index (κ3) is 3.69. The van der Waals surface area contributed by atoms with Crippen LogP contribution in [-0.4, -0.2) is 21.8 Å². The Hall–Kier alpha value is -2.50. The van der Waals surface area contributed by atoms with Crippen molar-refractivity contribution in [2.75, 3.05) is 0 Å². The molecule has 0 aliphatic heterocycles. The highest BCUT2D eigenvalue weighted by Gasteiger charge is 2.18. The largest absolute Gasteiger partial charge is 0.345 e. The van der Waals surface area contributed by atoms with Crippen molar-refractivity contribution in [1.29, 1.82) is 0 Å². The molecule has 1 N–H and O–H groups in total. The van der Waals surface area contributed by atoms with E-state index < -0.39 is 0 Å². The maximum Gasteiger partial charge on any atom is 0.248 e. The number of nitrogens with zero attached hydrogens (tertiary/aromatic N) is 2. The van der Waals surface area contributed by atoms with Gasteiger partial charge in [-0.15, -0.1) is 0 Å². The van der Waals surface area contributed by atoms with E-state index in [9.17, 15) is 9.59 Å². The normalized spacial score (nSPS) is 14.2. The Bertz CT molecular complexity index is 767. The molecule has 1 atom stereocenters. The number of ketones is 1. The van der Waals surface area contributed by atoms with Gasteiger partial charge in [0.15, 0.2) is 11.6 Å². The van der Waals surface area contributed by atoms with Crippen LogP contribution >= 0.6 is 0 Å². The molecule has 0 fully saturated rings. The number of hydrogen-bond acceptors (Lipinski definition) is 5. The van der Waals surface area contributed by atoms with Crippen molar-refractivity contribution < 1.29 is 14.1 Å². The highest BCUT2D eigenvalue weighted by molar-refractivity contribution is 5.98. The first-order chi connectivity index (χ1) is 11.5. The molecule has 1 aromatic carbocycles. The number of fused-ring (bicyclic) bond motifs is 1. The van der Waals surface area contributed by atoms with Crippen LogP contribution in [0.15, 0.2) is 22.7 Å². The van der Waals surface area contributed by atoms with Gasteiger partial charge in [0.2, 0.25) is 11.8 Å². The number of amides is 1. The Balaban J connectivity index is 1.51. The molecule has 3 rings (SSSR count). The molecule has 1 aromatic heterocycles. The maximum atomic E-state index is 12.3. The van der Waals surface area contributed by atoms with E-state index in [1.54, 1.807) is 13.8 Å². The van der Waals surface area contributed by atoms with Crippen molar-refractivity contribution >= 4 is 11.7 Å². The van der Waals surface area contributed by atoms with E-state index in [4.69, 9.17) is 4.52 Å². The number of aromatic nitrogens is 2. The molecule has 1 aliphatic carbocycles. The lowest BCUT2D eigenvalue weighted by atomic mass is 10.0. The summed E-state index contributed by atoms with van der Waals surface area (Å²) >= 11 is 0. The van der Waals surface area contributed by atoms with Crippen LogP contribution in [0.4, 0.5) is 0 Å². The van der Waals surface area contributed by atoms with Gasteiger partial charge >= 0.3 is 0 Å². The van der Waals surface area contributed by atoms with E-state index in [0.717, 1.165) is 19.3 Å². The highest BCUT2D eigenvalue weighted by Crippen LogP contribution is 2.23. The Morgan fingerprint density at radius 3 is 2.79 bits per heavy atom. The topological polar surface area (TPSA) is 85.1 Å².